The van der Waals surface area contributed by atoms with Crippen LogP contribution < -0.4 is 0 Å². The zero-order valence-corrected chi connectivity index (χ0v) is 9.56. The van der Waals surface area contributed by atoms with E-state index < -0.39 is 17.6 Å². The van der Waals surface area contributed by atoms with E-state index in [-0.39, 0.29) is 0 Å². The zero-order chi connectivity index (χ0) is 13.0. The molecule has 0 aliphatic heterocycles. The van der Waals surface area contributed by atoms with E-state index in [4.69, 9.17) is 0 Å². The van der Waals surface area contributed by atoms with Gasteiger partial charge in [-0.1, -0.05) is 36.4 Å². The van der Waals surface area contributed by atoms with Gasteiger partial charge in [-0.3, -0.25) is 15.1 Å². The summed E-state index contributed by atoms with van der Waals surface area (Å²) in [5.74, 6) is 0. The molecule has 0 radical (unpaired) electrons. The molecule has 5 nitrogen and oxygen atoms in total. The molecule has 18 heavy (non-hydrogen) atoms. The van der Waals surface area contributed by atoms with Gasteiger partial charge in [-0.05, 0) is 6.07 Å². The Bertz CT molecular complexity index is 526. The average molecular weight is 244 g/mol. The number of benzene rings is 1. The summed E-state index contributed by atoms with van der Waals surface area (Å²) in [6, 6.07) is 13.0. The lowest BCUT2D eigenvalue weighted by Crippen LogP contribution is -2.11. The quantitative estimate of drug-likeness (QED) is 0.659. The second-order valence-corrected chi connectivity index (χ2v) is 3.87. The number of aliphatic hydroxyl groups excluding tert-OH is 1. The standard InChI is InChI=1S/C13H12N2O3/c16-13(9-15(17)18)11-6-7-12(14-8-11)10-4-2-1-3-5-10/h1-8,13,16H,9H2/t13-/m1/s1. The van der Waals surface area contributed by atoms with Crippen LogP contribution in [0.15, 0.2) is 48.7 Å². The number of hydrogen-bond acceptors (Lipinski definition) is 4. The third kappa shape index (κ3) is 2.89. The molecule has 0 saturated carbocycles. The van der Waals surface area contributed by atoms with Crippen LogP contribution in [-0.2, 0) is 0 Å². The molecule has 92 valence electrons. The van der Waals surface area contributed by atoms with Gasteiger partial charge in [0.1, 0.15) is 6.10 Å². The van der Waals surface area contributed by atoms with Crippen molar-refractivity contribution in [2.24, 2.45) is 0 Å². The molecule has 2 rings (SSSR count). The molecule has 0 amide bonds. The van der Waals surface area contributed by atoms with Crippen LogP contribution in [-0.4, -0.2) is 21.6 Å². The number of nitro groups is 1. The molecule has 5 heteroatoms. The number of aromatic nitrogens is 1. The molecule has 1 heterocycles. The molecule has 1 aromatic heterocycles. The van der Waals surface area contributed by atoms with E-state index >= 15 is 0 Å². The van der Waals surface area contributed by atoms with Crippen molar-refractivity contribution in [3.63, 3.8) is 0 Å². The molecule has 0 fully saturated rings. The average Bonchev–Trinajstić information content (AvgIpc) is 2.39. The third-order valence-electron chi connectivity index (χ3n) is 2.56. The number of hydrogen-bond donors (Lipinski definition) is 1. The van der Waals surface area contributed by atoms with Crippen molar-refractivity contribution in [3.05, 3.63) is 64.3 Å². The Morgan fingerprint density at radius 3 is 2.50 bits per heavy atom. The lowest BCUT2D eigenvalue weighted by Gasteiger charge is -2.07. The van der Waals surface area contributed by atoms with Crippen molar-refractivity contribution < 1.29 is 10.0 Å². The Morgan fingerprint density at radius 2 is 1.94 bits per heavy atom. The topological polar surface area (TPSA) is 76.3 Å². The van der Waals surface area contributed by atoms with Gasteiger partial charge in [0.25, 0.3) is 0 Å². The number of rotatable bonds is 4. The molecule has 0 bridgehead atoms. The van der Waals surface area contributed by atoms with Crippen LogP contribution in [0.25, 0.3) is 11.3 Å². The summed E-state index contributed by atoms with van der Waals surface area (Å²) in [5.41, 5.74) is 2.19. The maximum atomic E-state index is 10.3. The van der Waals surface area contributed by atoms with Crippen LogP contribution in [0.2, 0.25) is 0 Å². The number of pyridine rings is 1. The van der Waals surface area contributed by atoms with E-state index in [1.807, 2.05) is 30.3 Å². The van der Waals surface area contributed by atoms with E-state index in [2.05, 4.69) is 4.98 Å². The van der Waals surface area contributed by atoms with Gasteiger partial charge >= 0.3 is 0 Å². The SMILES string of the molecule is O=[N+]([O-])C[C@@H](O)c1ccc(-c2ccccc2)nc1. The lowest BCUT2D eigenvalue weighted by atomic mass is 10.1. The summed E-state index contributed by atoms with van der Waals surface area (Å²) in [5, 5.41) is 19.9. The Kier molecular flexibility index (Phi) is 3.64. The minimum absolute atomic E-state index is 0.450. The summed E-state index contributed by atoms with van der Waals surface area (Å²) in [6.45, 7) is -0.508. The molecule has 1 atom stereocenters. The van der Waals surface area contributed by atoms with Crippen molar-refractivity contribution >= 4 is 0 Å². The Balaban J connectivity index is 2.18. The highest BCUT2D eigenvalue weighted by Gasteiger charge is 2.14. The first-order chi connectivity index (χ1) is 8.66. The van der Waals surface area contributed by atoms with Crippen LogP contribution in [0.4, 0.5) is 0 Å². The first-order valence-corrected chi connectivity index (χ1v) is 5.48. The van der Waals surface area contributed by atoms with Crippen molar-refractivity contribution in [2.75, 3.05) is 6.54 Å². The lowest BCUT2D eigenvalue weighted by molar-refractivity contribution is -0.491. The Hall–Kier alpha value is -2.27. The second-order valence-electron chi connectivity index (χ2n) is 3.87. The Labute approximate surface area is 104 Å². The molecule has 1 aromatic carbocycles. The summed E-state index contributed by atoms with van der Waals surface area (Å²) in [4.78, 5) is 13.9. The fraction of sp³-hybridized carbons (Fsp3) is 0.154. The molecule has 0 unspecified atom stereocenters. The van der Waals surface area contributed by atoms with Crippen LogP contribution in [0.1, 0.15) is 11.7 Å². The molecule has 0 aliphatic rings. The van der Waals surface area contributed by atoms with Gasteiger partial charge in [0.05, 0.1) is 5.69 Å². The highest BCUT2D eigenvalue weighted by molar-refractivity contribution is 5.58. The molecular weight excluding hydrogens is 232 g/mol. The third-order valence-corrected chi connectivity index (χ3v) is 2.56. The summed E-state index contributed by atoms with van der Waals surface area (Å²) in [7, 11) is 0. The highest BCUT2D eigenvalue weighted by atomic mass is 16.6. The fourth-order valence-corrected chi connectivity index (χ4v) is 1.63. The monoisotopic (exact) mass is 244 g/mol. The number of aliphatic hydroxyl groups is 1. The molecule has 2 aromatic rings. The predicted octanol–water partition coefficient (Wildman–Crippen LogP) is 2.06. The predicted molar refractivity (Wildman–Crippen MR) is 66.5 cm³/mol. The van der Waals surface area contributed by atoms with Crippen molar-refractivity contribution in [1.82, 2.24) is 4.98 Å². The summed E-state index contributed by atoms with van der Waals surface area (Å²) < 4.78 is 0. The molecule has 0 saturated heterocycles. The molecule has 0 aliphatic carbocycles. The van der Waals surface area contributed by atoms with Gasteiger partial charge in [-0.2, -0.15) is 0 Å². The summed E-state index contributed by atoms with van der Waals surface area (Å²) in [6.07, 6.45) is 0.355. The van der Waals surface area contributed by atoms with Gasteiger partial charge in [0.2, 0.25) is 6.54 Å². The smallest absolute Gasteiger partial charge is 0.233 e. The van der Waals surface area contributed by atoms with E-state index in [0.717, 1.165) is 11.3 Å². The fourth-order valence-electron chi connectivity index (χ4n) is 1.63. The maximum absolute atomic E-state index is 10.3. The summed E-state index contributed by atoms with van der Waals surface area (Å²) >= 11 is 0. The molecular formula is C13H12N2O3. The highest BCUT2D eigenvalue weighted by Crippen LogP contribution is 2.19. The van der Waals surface area contributed by atoms with Gasteiger partial charge in [-0.25, -0.2) is 0 Å². The minimum Gasteiger partial charge on any atom is -0.381 e. The van der Waals surface area contributed by atoms with Crippen LogP contribution in [0, 0.1) is 10.1 Å². The first kappa shape index (κ1) is 12.2. The number of nitrogens with zero attached hydrogens (tertiary/aromatic N) is 2. The van der Waals surface area contributed by atoms with Gasteiger partial charge < -0.3 is 5.11 Å². The largest absolute Gasteiger partial charge is 0.381 e. The second kappa shape index (κ2) is 5.37. The van der Waals surface area contributed by atoms with Crippen molar-refractivity contribution in [2.45, 2.75) is 6.10 Å². The van der Waals surface area contributed by atoms with Crippen LogP contribution >= 0.6 is 0 Å². The van der Waals surface area contributed by atoms with E-state index in [9.17, 15) is 15.2 Å². The van der Waals surface area contributed by atoms with Crippen LogP contribution in [0.3, 0.4) is 0 Å². The van der Waals surface area contributed by atoms with Crippen LogP contribution in [0.5, 0.6) is 0 Å². The van der Waals surface area contributed by atoms with Crippen molar-refractivity contribution in [1.29, 1.82) is 0 Å². The van der Waals surface area contributed by atoms with E-state index in [1.54, 1.807) is 12.1 Å². The normalized spacial score (nSPS) is 12.1. The van der Waals surface area contributed by atoms with E-state index in [0.29, 0.717) is 5.56 Å². The first-order valence-electron chi connectivity index (χ1n) is 5.48. The minimum atomic E-state index is -1.11. The van der Waals surface area contributed by atoms with Gasteiger partial charge in [0.15, 0.2) is 0 Å². The zero-order valence-electron chi connectivity index (χ0n) is 9.56. The van der Waals surface area contributed by atoms with Gasteiger partial charge in [0, 0.05) is 22.2 Å². The Morgan fingerprint density at radius 1 is 1.22 bits per heavy atom. The maximum Gasteiger partial charge on any atom is 0.233 e. The molecule has 1 N–H and O–H groups in total. The van der Waals surface area contributed by atoms with E-state index in [1.165, 1.54) is 6.20 Å². The molecule has 0 spiro atoms. The van der Waals surface area contributed by atoms with Crippen molar-refractivity contribution in [3.8, 4) is 11.3 Å². The van der Waals surface area contributed by atoms with Gasteiger partial charge in [-0.15, -0.1) is 0 Å².